The van der Waals surface area contributed by atoms with Gasteiger partial charge in [-0.3, -0.25) is 10.1 Å². The number of nitro groups is 1. The molecule has 0 aromatic heterocycles. The highest BCUT2D eigenvalue weighted by Gasteiger charge is 2.09. The van der Waals surface area contributed by atoms with E-state index in [-0.39, 0.29) is 12.3 Å². The Kier molecular flexibility index (Phi) is 6.62. The van der Waals surface area contributed by atoms with Crippen LogP contribution in [0.1, 0.15) is 22.3 Å². The number of methoxy groups -OCH3 is 1. The predicted molar refractivity (Wildman–Crippen MR) is 115 cm³/mol. The highest BCUT2D eigenvalue weighted by molar-refractivity contribution is 5.90. The molecule has 0 saturated carbocycles. The van der Waals surface area contributed by atoms with Crippen molar-refractivity contribution in [2.75, 3.05) is 7.11 Å². The Balaban J connectivity index is 1.78. The zero-order valence-corrected chi connectivity index (χ0v) is 16.6. The summed E-state index contributed by atoms with van der Waals surface area (Å²) < 4.78 is 11.2. The summed E-state index contributed by atoms with van der Waals surface area (Å²) in [6.45, 7) is 0.220. The van der Waals surface area contributed by atoms with E-state index < -0.39 is 4.92 Å². The van der Waals surface area contributed by atoms with E-state index in [1.165, 1.54) is 19.2 Å². The fraction of sp³-hybridized carbons (Fsp3) is 0.0833. The standard InChI is InChI=1S/C24H17N3O4/c1-30-24-13-19(12-21(15-26)20-7-2-17(14-25)3-8-20)6-11-23(24)31-16-18-4-9-22(10-5-18)27(28)29/h2-13H,16H2,1H3/b21-12-. The van der Waals surface area contributed by atoms with Crippen LogP contribution in [-0.2, 0) is 6.61 Å². The smallest absolute Gasteiger partial charge is 0.269 e. The largest absolute Gasteiger partial charge is 0.493 e. The van der Waals surface area contributed by atoms with Crippen LogP contribution in [0.3, 0.4) is 0 Å². The number of ether oxygens (including phenoxy) is 2. The Morgan fingerprint density at radius 2 is 1.74 bits per heavy atom. The van der Waals surface area contributed by atoms with Crippen molar-refractivity contribution in [3.05, 3.63) is 99.1 Å². The molecule has 0 aliphatic heterocycles. The maximum absolute atomic E-state index is 10.7. The molecule has 0 atom stereocenters. The summed E-state index contributed by atoms with van der Waals surface area (Å²) in [6.07, 6.45) is 1.73. The van der Waals surface area contributed by atoms with Crippen molar-refractivity contribution in [2.45, 2.75) is 6.61 Å². The summed E-state index contributed by atoms with van der Waals surface area (Å²) in [5.74, 6) is 1.00. The van der Waals surface area contributed by atoms with Crippen molar-refractivity contribution in [3.63, 3.8) is 0 Å². The quantitative estimate of drug-likeness (QED) is 0.231. The first-order valence-electron chi connectivity index (χ1n) is 9.20. The third-order valence-electron chi connectivity index (χ3n) is 4.49. The van der Waals surface area contributed by atoms with Crippen LogP contribution in [0, 0.1) is 32.8 Å². The van der Waals surface area contributed by atoms with Crippen molar-refractivity contribution < 1.29 is 14.4 Å². The molecule has 3 aromatic rings. The van der Waals surface area contributed by atoms with Gasteiger partial charge >= 0.3 is 0 Å². The lowest BCUT2D eigenvalue weighted by Crippen LogP contribution is -1.98. The van der Waals surface area contributed by atoms with E-state index in [9.17, 15) is 15.4 Å². The van der Waals surface area contributed by atoms with E-state index in [2.05, 4.69) is 12.1 Å². The molecule has 0 spiro atoms. The summed E-state index contributed by atoms with van der Waals surface area (Å²) in [4.78, 5) is 10.3. The minimum absolute atomic E-state index is 0.0213. The molecule has 3 aromatic carbocycles. The van der Waals surface area contributed by atoms with Crippen molar-refractivity contribution >= 4 is 17.3 Å². The lowest BCUT2D eigenvalue weighted by atomic mass is 10.0. The van der Waals surface area contributed by atoms with Gasteiger partial charge in [0.25, 0.3) is 5.69 Å². The van der Waals surface area contributed by atoms with E-state index >= 15 is 0 Å². The third kappa shape index (κ3) is 5.26. The zero-order valence-electron chi connectivity index (χ0n) is 16.6. The second kappa shape index (κ2) is 9.73. The Labute approximate surface area is 179 Å². The summed E-state index contributed by atoms with van der Waals surface area (Å²) in [5, 5.41) is 29.2. The van der Waals surface area contributed by atoms with Crippen molar-refractivity contribution in [1.29, 1.82) is 10.5 Å². The fourth-order valence-corrected chi connectivity index (χ4v) is 2.84. The molecule has 0 bridgehead atoms. The highest BCUT2D eigenvalue weighted by atomic mass is 16.6. The second-order valence-electron chi connectivity index (χ2n) is 6.48. The molecule has 0 amide bonds. The molecule has 0 unspecified atom stereocenters. The number of rotatable bonds is 7. The molecule has 0 saturated heterocycles. The Morgan fingerprint density at radius 1 is 1.03 bits per heavy atom. The van der Waals surface area contributed by atoms with Crippen LogP contribution in [0.25, 0.3) is 11.6 Å². The number of benzene rings is 3. The average Bonchev–Trinajstić information content (AvgIpc) is 2.81. The lowest BCUT2D eigenvalue weighted by Gasteiger charge is -2.11. The van der Waals surface area contributed by atoms with Gasteiger partial charge in [0.2, 0.25) is 0 Å². The zero-order chi connectivity index (χ0) is 22.2. The van der Waals surface area contributed by atoms with E-state index in [4.69, 9.17) is 14.7 Å². The van der Waals surface area contributed by atoms with E-state index in [1.807, 2.05) is 0 Å². The molecule has 0 aliphatic rings. The lowest BCUT2D eigenvalue weighted by molar-refractivity contribution is -0.384. The molecule has 31 heavy (non-hydrogen) atoms. The molecular weight excluding hydrogens is 394 g/mol. The first-order chi connectivity index (χ1) is 15.0. The molecule has 7 nitrogen and oxygen atoms in total. The van der Waals surface area contributed by atoms with Gasteiger partial charge in [-0.1, -0.05) is 18.2 Å². The van der Waals surface area contributed by atoms with Crippen molar-refractivity contribution in [1.82, 2.24) is 0 Å². The molecule has 0 heterocycles. The Bertz CT molecular complexity index is 1200. The second-order valence-corrected chi connectivity index (χ2v) is 6.48. The molecule has 0 radical (unpaired) electrons. The number of allylic oxidation sites excluding steroid dienone is 1. The predicted octanol–water partition coefficient (Wildman–Crippen LogP) is 5.12. The molecule has 7 heteroatoms. The molecule has 0 N–H and O–H groups in total. The van der Waals surface area contributed by atoms with E-state index in [0.717, 1.165) is 11.1 Å². The van der Waals surface area contributed by atoms with Crippen molar-refractivity contribution in [2.24, 2.45) is 0 Å². The molecular formula is C24H17N3O4. The van der Waals surface area contributed by atoms with Gasteiger partial charge in [-0.25, -0.2) is 0 Å². The Morgan fingerprint density at radius 3 is 2.32 bits per heavy atom. The van der Waals surface area contributed by atoms with Gasteiger partial charge < -0.3 is 9.47 Å². The van der Waals surface area contributed by atoms with Crippen LogP contribution in [0.15, 0.2) is 66.7 Å². The highest BCUT2D eigenvalue weighted by Crippen LogP contribution is 2.30. The summed E-state index contributed by atoms with van der Waals surface area (Å²) >= 11 is 0. The fourth-order valence-electron chi connectivity index (χ4n) is 2.84. The number of hydrogen-bond acceptors (Lipinski definition) is 6. The van der Waals surface area contributed by atoms with Crippen LogP contribution >= 0.6 is 0 Å². The van der Waals surface area contributed by atoms with Crippen LogP contribution in [0.4, 0.5) is 5.69 Å². The number of nitro benzene ring substituents is 1. The van der Waals surface area contributed by atoms with Crippen LogP contribution in [0.2, 0.25) is 0 Å². The normalized spacial score (nSPS) is 10.6. The SMILES string of the molecule is COc1cc(/C=C(/C#N)c2ccc(C#N)cc2)ccc1OCc1ccc([N+](=O)[O-])cc1. The summed E-state index contributed by atoms with van der Waals surface area (Å²) in [6, 6.07) is 22.4. The maximum Gasteiger partial charge on any atom is 0.269 e. The van der Waals surface area contributed by atoms with Gasteiger partial charge in [-0.15, -0.1) is 0 Å². The van der Waals surface area contributed by atoms with Crippen LogP contribution in [0.5, 0.6) is 11.5 Å². The number of non-ortho nitro benzene ring substituents is 1. The van der Waals surface area contributed by atoms with Gasteiger partial charge in [0.15, 0.2) is 11.5 Å². The first kappa shape index (κ1) is 21.1. The maximum atomic E-state index is 10.7. The monoisotopic (exact) mass is 411 g/mol. The minimum Gasteiger partial charge on any atom is -0.493 e. The van der Waals surface area contributed by atoms with E-state index in [0.29, 0.717) is 28.2 Å². The minimum atomic E-state index is -0.451. The van der Waals surface area contributed by atoms with E-state index in [1.54, 1.807) is 60.7 Å². The molecule has 152 valence electrons. The average molecular weight is 411 g/mol. The number of nitrogens with zero attached hydrogens (tertiary/aromatic N) is 3. The Hall–Kier alpha value is -4.62. The number of hydrogen-bond donors (Lipinski definition) is 0. The van der Waals surface area contributed by atoms with Gasteiger partial charge in [-0.2, -0.15) is 10.5 Å². The summed E-state index contributed by atoms with van der Waals surface area (Å²) in [5.41, 5.74) is 3.24. The number of nitriles is 2. The topological polar surface area (TPSA) is 109 Å². The van der Waals surface area contributed by atoms with Crippen LogP contribution < -0.4 is 9.47 Å². The molecule has 0 aliphatic carbocycles. The molecule has 3 rings (SSSR count). The first-order valence-corrected chi connectivity index (χ1v) is 9.20. The molecule has 0 fully saturated rings. The third-order valence-corrected chi connectivity index (χ3v) is 4.49. The van der Waals surface area contributed by atoms with Crippen molar-refractivity contribution in [3.8, 4) is 23.6 Å². The van der Waals surface area contributed by atoms with Gasteiger partial charge in [-0.05, 0) is 59.2 Å². The van der Waals surface area contributed by atoms with Crippen LogP contribution in [-0.4, -0.2) is 12.0 Å². The van der Waals surface area contributed by atoms with Gasteiger partial charge in [0.1, 0.15) is 6.61 Å². The summed E-state index contributed by atoms with van der Waals surface area (Å²) in [7, 11) is 1.52. The van der Waals surface area contributed by atoms with Gasteiger partial charge in [0, 0.05) is 12.1 Å². The van der Waals surface area contributed by atoms with Gasteiger partial charge in [0.05, 0.1) is 35.3 Å².